The first-order chi connectivity index (χ1) is 8.08. The van der Waals surface area contributed by atoms with E-state index in [9.17, 15) is 8.42 Å². The molecule has 1 aliphatic heterocycles. The third kappa shape index (κ3) is 3.11. The summed E-state index contributed by atoms with van der Waals surface area (Å²) in [6.45, 7) is 1.46. The number of hydrogen-bond donors (Lipinski definition) is 2. The zero-order valence-electron chi connectivity index (χ0n) is 9.33. The van der Waals surface area contributed by atoms with Crippen molar-refractivity contribution < 1.29 is 8.42 Å². The van der Waals surface area contributed by atoms with Crippen molar-refractivity contribution in [2.45, 2.75) is 24.2 Å². The number of nitrogens with two attached hydrogens (primary N) is 1. The number of piperidine rings is 1. The molecule has 0 radical (unpaired) electrons. The molecule has 2 heterocycles. The lowest BCUT2D eigenvalue weighted by Crippen LogP contribution is -2.44. The maximum Gasteiger partial charge on any atom is 0.256 e. The van der Waals surface area contributed by atoms with Crippen molar-refractivity contribution in [1.82, 2.24) is 19.8 Å². The van der Waals surface area contributed by atoms with E-state index in [0.717, 1.165) is 32.4 Å². The average molecular weight is 257 g/mol. The zero-order chi connectivity index (χ0) is 12.3. The van der Waals surface area contributed by atoms with Crippen LogP contribution in [0.5, 0.6) is 0 Å². The maximum atomic E-state index is 11.9. The van der Waals surface area contributed by atoms with Gasteiger partial charge in [0.05, 0.1) is 12.4 Å². The highest BCUT2D eigenvalue weighted by Crippen LogP contribution is 2.10. The Morgan fingerprint density at radius 2 is 1.76 bits per heavy atom. The molecule has 0 spiro atoms. The predicted octanol–water partition coefficient (Wildman–Crippen LogP) is -0.262. The van der Waals surface area contributed by atoms with Gasteiger partial charge in [-0.1, -0.05) is 6.42 Å². The molecule has 0 unspecified atom stereocenters. The Bertz CT molecular complexity index is 467. The molecule has 2 rings (SSSR count). The molecule has 94 valence electrons. The van der Waals surface area contributed by atoms with E-state index in [0.29, 0.717) is 0 Å². The van der Waals surface area contributed by atoms with Gasteiger partial charge in [-0.3, -0.25) is 0 Å². The minimum Gasteiger partial charge on any atom is -0.368 e. The van der Waals surface area contributed by atoms with Crippen LogP contribution in [0.25, 0.3) is 0 Å². The van der Waals surface area contributed by atoms with Crippen molar-refractivity contribution in [2.24, 2.45) is 0 Å². The number of sulfonamides is 1. The zero-order valence-corrected chi connectivity index (χ0v) is 10.2. The fourth-order valence-corrected chi connectivity index (χ4v) is 2.68. The second-order valence-corrected chi connectivity index (χ2v) is 5.58. The quantitative estimate of drug-likeness (QED) is 0.773. The van der Waals surface area contributed by atoms with Gasteiger partial charge in [-0.2, -0.15) is 0 Å². The van der Waals surface area contributed by atoms with E-state index in [2.05, 4.69) is 14.8 Å². The second kappa shape index (κ2) is 4.94. The molecule has 1 fully saturated rings. The van der Waals surface area contributed by atoms with Crippen molar-refractivity contribution in [1.29, 1.82) is 0 Å². The Morgan fingerprint density at radius 1 is 1.18 bits per heavy atom. The highest BCUT2D eigenvalue weighted by Gasteiger charge is 2.20. The van der Waals surface area contributed by atoms with Gasteiger partial charge >= 0.3 is 0 Å². The molecular formula is C9H15N5O2S. The highest BCUT2D eigenvalue weighted by molar-refractivity contribution is 7.89. The van der Waals surface area contributed by atoms with E-state index < -0.39 is 10.0 Å². The van der Waals surface area contributed by atoms with Crippen LogP contribution in [0, 0.1) is 0 Å². The Morgan fingerprint density at radius 3 is 2.35 bits per heavy atom. The van der Waals surface area contributed by atoms with Crippen LogP contribution in [0.3, 0.4) is 0 Å². The summed E-state index contributed by atoms with van der Waals surface area (Å²) in [4.78, 5) is 9.88. The van der Waals surface area contributed by atoms with E-state index in [1.54, 1.807) is 5.01 Å². The first-order valence-corrected chi connectivity index (χ1v) is 6.91. The number of aromatic nitrogens is 2. The van der Waals surface area contributed by atoms with Gasteiger partial charge in [0.2, 0.25) is 5.95 Å². The minimum atomic E-state index is -3.58. The highest BCUT2D eigenvalue weighted by atomic mass is 32.2. The number of hydrazine groups is 1. The molecule has 0 saturated carbocycles. The minimum absolute atomic E-state index is 0.0253. The van der Waals surface area contributed by atoms with Gasteiger partial charge in [0.1, 0.15) is 4.90 Å². The molecule has 17 heavy (non-hydrogen) atoms. The summed E-state index contributed by atoms with van der Waals surface area (Å²) in [5, 5.41) is 1.70. The van der Waals surface area contributed by atoms with E-state index in [1.165, 1.54) is 12.4 Å². The van der Waals surface area contributed by atoms with Crippen molar-refractivity contribution in [3.05, 3.63) is 12.4 Å². The van der Waals surface area contributed by atoms with Gasteiger partial charge < -0.3 is 5.73 Å². The van der Waals surface area contributed by atoms with Crippen LogP contribution >= 0.6 is 0 Å². The Hall–Kier alpha value is -1.25. The molecule has 1 aliphatic rings. The summed E-state index contributed by atoms with van der Waals surface area (Å²) >= 11 is 0. The third-order valence-electron chi connectivity index (χ3n) is 2.56. The molecule has 1 aromatic heterocycles. The Kier molecular flexibility index (Phi) is 3.55. The van der Waals surface area contributed by atoms with E-state index in [4.69, 9.17) is 5.73 Å². The largest absolute Gasteiger partial charge is 0.368 e. The molecule has 8 heteroatoms. The molecule has 0 amide bonds. The lowest BCUT2D eigenvalue weighted by Gasteiger charge is -2.26. The van der Waals surface area contributed by atoms with E-state index in [-0.39, 0.29) is 10.8 Å². The first kappa shape index (κ1) is 12.2. The number of anilines is 1. The molecule has 0 aromatic carbocycles. The average Bonchev–Trinajstić information content (AvgIpc) is 2.30. The molecule has 1 aromatic rings. The monoisotopic (exact) mass is 257 g/mol. The van der Waals surface area contributed by atoms with Gasteiger partial charge in [0, 0.05) is 13.1 Å². The normalized spacial score (nSPS) is 18.1. The lowest BCUT2D eigenvalue weighted by atomic mass is 10.2. The van der Waals surface area contributed by atoms with Gasteiger partial charge in [-0.05, 0) is 12.8 Å². The number of rotatable bonds is 3. The van der Waals surface area contributed by atoms with Crippen LogP contribution in [0.1, 0.15) is 19.3 Å². The van der Waals surface area contributed by atoms with Crippen molar-refractivity contribution in [2.75, 3.05) is 18.8 Å². The van der Waals surface area contributed by atoms with E-state index >= 15 is 0 Å². The number of nitrogen functional groups attached to an aromatic ring is 1. The summed E-state index contributed by atoms with van der Waals surface area (Å²) in [6, 6.07) is 0. The van der Waals surface area contributed by atoms with Gasteiger partial charge in [0.15, 0.2) is 0 Å². The van der Waals surface area contributed by atoms with Crippen LogP contribution in [-0.2, 0) is 10.0 Å². The topological polar surface area (TPSA) is 101 Å². The van der Waals surface area contributed by atoms with E-state index in [1.807, 2.05) is 0 Å². The molecule has 1 saturated heterocycles. The predicted molar refractivity (Wildman–Crippen MR) is 62.2 cm³/mol. The van der Waals surface area contributed by atoms with Crippen molar-refractivity contribution in [3.63, 3.8) is 0 Å². The summed E-state index contributed by atoms with van der Waals surface area (Å²) in [5.74, 6) is 0.0573. The first-order valence-electron chi connectivity index (χ1n) is 5.43. The molecular weight excluding hydrogens is 242 g/mol. The Labute approximate surface area is 100 Å². The summed E-state index contributed by atoms with van der Waals surface area (Å²) < 4.78 is 23.9. The summed E-state index contributed by atoms with van der Waals surface area (Å²) in [6.07, 6.45) is 5.55. The summed E-state index contributed by atoms with van der Waals surface area (Å²) in [5.41, 5.74) is 5.31. The van der Waals surface area contributed by atoms with Crippen LogP contribution in [0.15, 0.2) is 17.3 Å². The molecule has 3 N–H and O–H groups in total. The number of nitrogens with zero attached hydrogens (tertiary/aromatic N) is 3. The van der Waals surface area contributed by atoms with Crippen LogP contribution < -0.4 is 10.6 Å². The lowest BCUT2D eigenvalue weighted by molar-refractivity contribution is 0.200. The van der Waals surface area contributed by atoms with Crippen LogP contribution in [0.2, 0.25) is 0 Å². The Balaban J connectivity index is 2.10. The molecule has 7 nitrogen and oxygen atoms in total. The number of nitrogens with one attached hydrogen (secondary N) is 1. The van der Waals surface area contributed by atoms with Gasteiger partial charge in [-0.15, -0.1) is 4.83 Å². The molecule has 0 atom stereocenters. The SMILES string of the molecule is Nc1ncc(S(=O)(=O)NN2CCCCC2)cn1. The van der Waals surface area contributed by atoms with Gasteiger partial charge in [-0.25, -0.2) is 23.4 Å². The third-order valence-corrected chi connectivity index (χ3v) is 3.89. The maximum absolute atomic E-state index is 11.9. The molecule has 0 aliphatic carbocycles. The van der Waals surface area contributed by atoms with Gasteiger partial charge in [0.25, 0.3) is 10.0 Å². The van der Waals surface area contributed by atoms with Crippen molar-refractivity contribution >= 4 is 16.0 Å². The fourth-order valence-electron chi connectivity index (χ4n) is 1.67. The smallest absolute Gasteiger partial charge is 0.256 e. The summed E-state index contributed by atoms with van der Waals surface area (Å²) in [7, 11) is -3.58. The second-order valence-electron chi connectivity index (χ2n) is 3.92. The standard InChI is InChI=1S/C9H15N5O2S/c10-9-11-6-8(7-12-9)17(15,16)13-14-4-2-1-3-5-14/h6-7,13H,1-5H2,(H2,10,11,12). The van der Waals surface area contributed by atoms with Crippen LogP contribution in [-0.4, -0.2) is 36.5 Å². The fraction of sp³-hybridized carbons (Fsp3) is 0.556. The van der Waals surface area contributed by atoms with Crippen molar-refractivity contribution in [3.8, 4) is 0 Å². The van der Waals surface area contributed by atoms with Crippen LogP contribution in [0.4, 0.5) is 5.95 Å². The number of hydrogen-bond acceptors (Lipinski definition) is 6. The molecule has 0 bridgehead atoms.